The summed E-state index contributed by atoms with van der Waals surface area (Å²) in [6.07, 6.45) is 0.817. The van der Waals surface area contributed by atoms with Gasteiger partial charge in [-0.15, -0.1) is 0 Å². The number of hydrogen-bond donors (Lipinski definition) is 1. The van der Waals surface area contributed by atoms with Gasteiger partial charge in [-0.05, 0) is 48.0 Å². The van der Waals surface area contributed by atoms with Gasteiger partial charge in [-0.25, -0.2) is 14.0 Å². The van der Waals surface area contributed by atoms with Crippen molar-refractivity contribution in [1.29, 1.82) is 0 Å². The van der Waals surface area contributed by atoms with E-state index < -0.39 is 11.9 Å². The van der Waals surface area contributed by atoms with E-state index in [4.69, 9.17) is 13.9 Å². The number of quaternary nitrogens is 1. The topological polar surface area (TPSA) is 82.4 Å². The lowest BCUT2D eigenvalue weighted by atomic mass is 10.0. The number of carbonyl (C=O) groups excluding carboxylic acids is 2. The highest BCUT2D eigenvalue weighted by atomic mass is 19.1. The van der Waals surface area contributed by atoms with Crippen molar-refractivity contribution in [3.8, 4) is 11.3 Å². The van der Waals surface area contributed by atoms with Crippen LogP contribution in [0.2, 0.25) is 0 Å². The van der Waals surface area contributed by atoms with Gasteiger partial charge in [0.15, 0.2) is 5.76 Å². The Labute approximate surface area is 173 Å². The highest BCUT2D eigenvalue weighted by Gasteiger charge is 2.16. The molecule has 2 aromatic carbocycles. The van der Waals surface area contributed by atoms with Crippen molar-refractivity contribution in [2.24, 2.45) is 0 Å². The molecule has 3 rings (SSSR count). The number of benzene rings is 2. The number of halogens is 1. The molecule has 7 heteroatoms. The van der Waals surface area contributed by atoms with Gasteiger partial charge in [-0.2, -0.15) is 0 Å². The molecule has 30 heavy (non-hydrogen) atoms. The van der Waals surface area contributed by atoms with Crippen LogP contribution >= 0.6 is 0 Å². The fourth-order valence-corrected chi connectivity index (χ4v) is 3.05. The van der Waals surface area contributed by atoms with Crippen LogP contribution in [0.3, 0.4) is 0 Å². The number of ether oxygens (including phenoxy) is 2. The largest absolute Gasteiger partial charge is 0.465 e. The Kier molecular flexibility index (Phi) is 6.98. The molecule has 0 spiro atoms. The Morgan fingerprint density at radius 1 is 0.933 bits per heavy atom. The number of rotatable bonds is 8. The van der Waals surface area contributed by atoms with E-state index in [0.29, 0.717) is 17.9 Å². The first-order valence-corrected chi connectivity index (χ1v) is 9.47. The second-order valence-corrected chi connectivity index (χ2v) is 6.71. The van der Waals surface area contributed by atoms with Gasteiger partial charge >= 0.3 is 11.9 Å². The quantitative estimate of drug-likeness (QED) is 0.454. The van der Waals surface area contributed by atoms with Gasteiger partial charge in [0.1, 0.15) is 18.1 Å². The van der Waals surface area contributed by atoms with Gasteiger partial charge in [0, 0.05) is 12.0 Å². The number of esters is 2. The summed E-state index contributed by atoms with van der Waals surface area (Å²) in [5.74, 6) is -0.0525. The molecule has 0 radical (unpaired) electrons. The number of carbonyl (C=O) groups is 2. The zero-order valence-corrected chi connectivity index (χ0v) is 16.8. The molecule has 2 N–H and O–H groups in total. The van der Waals surface area contributed by atoms with Gasteiger partial charge in [-0.3, -0.25) is 0 Å². The minimum atomic E-state index is -0.553. The molecule has 1 heterocycles. The standard InChI is InChI=1S/C23H22FNO5/c1-28-22(26)17-11-16(12-18(13-17)23(27)29-2)21-8-7-20(30-21)14-25-10-9-15-3-5-19(24)6-4-15/h3-8,11-13,25H,9-10,14H2,1-2H3/p+1. The average molecular weight is 412 g/mol. The normalized spacial score (nSPS) is 10.6. The van der Waals surface area contributed by atoms with Crippen molar-refractivity contribution in [2.75, 3.05) is 20.8 Å². The monoisotopic (exact) mass is 412 g/mol. The summed E-state index contributed by atoms with van der Waals surface area (Å²) in [4.78, 5) is 23.9. The lowest BCUT2D eigenvalue weighted by molar-refractivity contribution is -0.671. The average Bonchev–Trinajstić information content (AvgIpc) is 3.25. The fraction of sp³-hybridized carbons (Fsp3) is 0.217. The first kappa shape index (κ1) is 21.3. The van der Waals surface area contributed by atoms with E-state index in [1.165, 1.54) is 32.4 Å². The van der Waals surface area contributed by atoms with Gasteiger partial charge in [0.2, 0.25) is 0 Å². The SMILES string of the molecule is COC(=O)c1cc(C(=O)OC)cc(-c2ccc(C[NH2+]CCc3ccc(F)cc3)o2)c1. The first-order chi connectivity index (χ1) is 14.5. The molecule has 156 valence electrons. The molecule has 1 aromatic heterocycles. The number of hydrogen-bond acceptors (Lipinski definition) is 5. The second kappa shape index (κ2) is 9.84. The van der Waals surface area contributed by atoms with Gasteiger partial charge in [-0.1, -0.05) is 12.1 Å². The molecule has 0 unspecified atom stereocenters. The summed E-state index contributed by atoms with van der Waals surface area (Å²) < 4.78 is 28.4. The molecule has 0 aliphatic carbocycles. The molecule has 3 aromatic rings. The molecule has 6 nitrogen and oxygen atoms in total. The van der Waals surface area contributed by atoms with Crippen LogP contribution < -0.4 is 5.32 Å². The summed E-state index contributed by atoms with van der Waals surface area (Å²) in [7, 11) is 2.55. The van der Waals surface area contributed by atoms with Crippen LogP contribution in [0, 0.1) is 5.82 Å². The molecule has 0 saturated carbocycles. The van der Waals surface area contributed by atoms with E-state index in [1.54, 1.807) is 30.3 Å². The van der Waals surface area contributed by atoms with Crippen LogP contribution in [-0.4, -0.2) is 32.7 Å². The lowest BCUT2D eigenvalue weighted by Gasteiger charge is -2.06. The van der Waals surface area contributed by atoms with E-state index >= 15 is 0 Å². The Balaban J connectivity index is 1.67. The smallest absolute Gasteiger partial charge is 0.337 e. The Morgan fingerprint density at radius 3 is 2.17 bits per heavy atom. The molecular weight excluding hydrogens is 389 g/mol. The van der Waals surface area contributed by atoms with E-state index in [2.05, 4.69) is 5.32 Å². The third kappa shape index (κ3) is 5.33. The maximum absolute atomic E-state index is 12.9. The van der Waals surface area contributed by atoms with Crippen LogP contribution in [-0.2, 0) is 22.4 Å². The number of nitrogens with two attached hydrogens (primary N) is 1. The van der Waals surface area contributed by atoms with Crippen LogP contribution in [0.15, 0.2) is 59.0 Å². The maximum atomic E-state index is 12.9. The van der Waals surface area contributed by atoms with Crippen molar-refractivity contribution < 1.29 is 33.2 Å². The zero-order valence-electron chi connectivity index (χ0n) is 16.8. The van der Waals surface area contributed by atoms with Crippen molar-refractivity contribution in [3.05, 3.63) is 82.9 Å². The van der Waals surface area contributed by atoms with Gasteiger partial charge in [0.25, 0.3) is 0 Å². The molecule has 0 bridgehead atoms. The summed E-state index contributed by atoms with van der Waals surface area (Å²) in [6, 6.07) is 14.8. The zero-order chi connectivity index (χ0) is 21.5. The predicted octanol–water partition coefficient (Wildman–Crippen LogP) is 2.97. The van der Waals surface area contributed by atoms with E-state index in [0.717, 1.165) is 24.3 Å². The molecule has 0 fully saturated rings. The molecular formula is C23H23FNO5+. The highest BCUT2D eigenvalue weighted by molar-refractivity contribution is 5.97. The van der Waals surface area contributed by atoms with E-state index in [9.17, 15) is 14.0 Å². The summed E-state index contributed by atoms with van der Waals surface area (Å²) >= 11 is 0. The van der Waals surface area contributed by atoms with Gasteiger partial charge < -0.3 is 19.2 Å². The van der Waals surface area contributed by atoms with Crippen LogP contribution in [0.5, 0.6) is 0 Å². The third-order valence-corrected chi connectivity index (χ3v) is 4.62. The van der Waals surface area contributed by atoms with Crippen LogP contribution in [0.1, 0.15) is 32.0 Å². The van der Waals surface area contributed by atoms with E-state index in [-0.39, 0.29) is 16.9 Å². The molecule has 0 atom stereocenters. The van der Waals surface area contributed by atoms with Crippen LogP contribution in [0.4, 0.5) is 4.39 Å². The Morgan fingerprint density at radius 2 is 1.57 bits per heavy atom. The summed E-state index contributed by atoms with van der Waals surface area (Å²) in [5.41, 5.74) is 2.12. The van der Waals surface area contributed by atoms with Crippen molar-refractivity contribution in [2.45, 2.75) is 13.0 Å². The van der Waals surface area contributed by atoms with Crippen molar-refractivity contribution in [1.82, 2.24) is 0 Å². The minimum Gasteiger partial charge on any atom is -0.465 e. The minimum absolute atomic E-state index is 0.235. The number of methoxy groups -OCH3 is 2. The first-order valence-electron chi connectivity index (χ1n) is 9.47. The molecule has 0 amide bonds. The second-order valence-electron chi connectivity index (χ2n) is 6.71. The number of furan rings is 1. The van der Waals surface area contributed by atoms with Crippen LogP contribution in [0.25, 0.3) is 11.3 Å². The highest BCUT2D eigenvalue weighted by Crippen LogP contribution is 2.25. The third-order valence-electron chi connectivity index (χ3n) is 4.62. The predicted molar refractivity (Wildman–Crippen MR) is 107 cm³/mol. The molecule has 0 saturated heterocycles. The van der Waals surface area contributed by atoms with E-state index in [1.807, 2.05) is 6.07 Å². The molecule has 0 aliphatic rings. The van der Waals surface area contributed by atoms with Crippen molar-refractivity contribution >= 4 is 11.9 Å². The fourth-order valence-electron chi connectivity index (χ4n) is 3.05. The summed E-state index contributed by atoms with van der Waals surface area (Å²) in [6.45, 7) is 1.45. The Bertz CT molecular complexity index is 992. The summed E-state index contributed by atoms with van der Waals surface area (Å²) in [5, 5.41) is 2.09. The Hall–Kier alpha value is -3.45. The maximum Gasteiger partial charge on any atom is 0.337 e. The van der Waals surface area contributed by atoms with Crippen molar-refractivity contribution in [3.63, 3.8) is 0 Å². The van der Waals surface area contributed by atoms with Gasteiger partial charge in [0.05, 0.1) is 31.9 Å². The lowest BCUT2D eigenvalue weighted by Crippen LogP contribution is -2.83. The molecule has 0 aliphatic heterocycles.